The van der Waals surface area contributed by atoms with Gasteiger partial charge < -0.3 is 9.15 Å². The van der Waals surface area contributed by atoms with Crippen LogP contribution in [0.4, 0.5) is 10.1 Å². The molecule has 0 amide bonds. The van der Waals surface area contributed by atoms with E-state index in [4.69, 9.17) is 9.15 Å². The first-order chi connectivity index (χ1) is 14.0. The van der Waals surface area contributed by atoms with Crippen molar-refractivity contribution in [3.63, 3.8) is 0 Å². The molecule has 0 atom stereocenters. The summed E-state index contributed by atoms with van der Waals surface area (Å²) in [5.74, 6) is -0.232. The van der Waals surface area contributed by atoms with Gasteiger partial charge in [0.1, 0.15) is 11.3 Å². The fourth-order valence-corrected chi connectivity index (χ4v) is 3.01. The number of aromatic nitrogens is 1. The molecule has 1 heterocycles. The lowest BCUT2D eigenvalue weighted by Crippen LogP contribution is -1.94. The average Bonchev–Trinajstić information content (AvgIpc) is 3.17. The van der Waals surface area contributed by atoms with E-state index in [0.717, 1.165) is 5.56 Å². The number of rotatable bonds is 5. The number of hydrogen-bond donors (Lipinski definition) is 0. The maximum absolute atomic E-state index is 13.6. The van der Waals surface area contributed by atoms with Crippen molar-refractivity contribution in [2.75, 3.05) is 7.11 Å². The minimum absolute atomic E-state index is 0.0334. The molecule has 0 aliphatic carbocycles. The van der Waals surface area contributed by atoms with Crippen LogP contribution in [0.2, 0.25) is 0 Å². The van der Waals surface area contributed by atoms with Gasteiger partial charge in [0, 0.05) is 11.6 Å². The van der Waals surface area contributed by atoms with Crippen LogP contribution in [-0.2, 0) is 0 Å². The Morgan fingerprint density at radius 2 is 1.79 bits per heavy atom. The standard InChI is InChI=1S/C21H13FN2O5/c1-28-20-7-4-14(10-18(20)24(26)27)21-23-17-9-13(3-6-19(17)29-21)12-2-5-16(22)15(8-12)11-25/h2-11H,1H3. The lowest BCUT2D eigenvalue weighted by atomic mass is 10.0. The molecule has 0 spiro atoms. The van der Waals surface area contributed by atoms with E-state index in [9.17, 15) is 19.3 Å². The molecule has 0 saturated carbocycles. The van der Waals surface area contributed by atoms with Crippen LogP contribution in [0.5, 0.6) is 5.75 Å². The van der Waals surface area contributed by atoms with E-state index in [0.29, 0.717) is 28.5 Å². The van der Waals surface area contributed by atoms with Crippen LogP contribution < -0.4 is 4.74 Å². The van der Waals surface area contributed by atoms with Crippen molar-refractivity contribution < 1.29 is 23.3 Å². The fraction of sp³-hybridized carbons (Fsp3) is 0.0476. The summed E-state index contributed by atoms with van der Waals surface area (Å²) in [5, 5.41) is 11.2. The molecule has 0 aliphatic rings. The number of hydrogen-bond acceptors (Lipinski definition) is 6. The van der Waals surface area contributed by atoms with E-state index in [-0.39, 0.29) is 22.9 Å². The lowest BCUT2D eigenvalue weighted by molar-refractivity contribution is -0.385. The van der Waals surface area contributed by atoms with Crippen molar-refractivity contribution in [3.05, 3.63) is 76.1 Å². The molecule has 4 aromatic rings. The quantitative estimate of drug-likeness (QED) is 0.268. The van der Waals surface area contributed by atoms with Crippen molar-refractivity contribution in [3.8, 4) is 28.3 Å². The Bertz CT molecular complexity index is 1270. The normalized spacial score (nSPS) is 10.8. The Balaban J connectivity index is 1.77. The van der Waals surface area contributed by atoms with Crippen LogP contribution in [0.3, 0.4) is 0 Å². The SMILES string of the molecule is COc1ccc(-c2nc3cc(-c4ccc(F)c(C=O)c4)ccc3o2)cc1[N+](=O)[O-]. The summed E-state index contributed by atoms with van der Waals surface area (Å²) in [6.07, 6.45) is 0.460. The number of nitro benzene ring substituents is 1. The summed E-state index contributed by atoms with van der Waals surface area (Å²) >= 11 is 0. The molecule has 8 heteroatoms. The first kappa shape index (κ1) is 18.3. The third-order valence-corrected chi connectivity index (χ3v) is 4.47. The van der Waals surface area contributed by atoms with E-state index in [1.807, 2.05) is 0 Å². The monoisotopic (exact) mass is 392 g/mol. The second-order valence-electron chi connectivity index (χ2n) is 6.20. The number of aldehydes is 1. The fourth-order valence-electron chi connectivity index (χ4n) is 3.01. The zero-order valence-electron chi connectivity index (χ0n) is 15.1. The van der Waals surface area contributed by atoms with Gasteiger partial charge in [0.15, 0.2) is 17.6 Å². The van der Waals surface area contributed by atoms with Crippen LogP contribution in [0.25, 0.3) is 33.7 Å². The molecular weight excluding hydrogens is 379 g/mol. The number of oxazole rings is 1. The van der Waals surface area contributed by atoms with E-state index < -0.39 is 10.7 Å². The van der Waals surface area contributed by atoms with Crippen molar-refractivity contribution >= 4 is 23.1 Å². The predicted molar refractivity (Wildman–Crippen MR) is 103 cm³/mol. The second kappa shape index (κ2) is 7.16. The molecule has 0 saturated heterocycles. The van der Waals surface area contributed by atoms with Gasteiger partial charge in [-0.3, -0.25) is 14.9 Å². The third-order valence-electron chi connectivity index (χ3n) is 4.47. The van der Waals surface area contributed by atoms with Crippen LogP contribution >= 0.6 is 0 Å². The molecule has 29 heavy (non-hydrogen) atoms. The topological polar surface area (TPSA) is 95.5 Å². The number of fused-ring (bicyclic) bond motifs is 1. The Morgan fingerprint density at radius 1 is 1.07 bits per heavy atom. The summed E-state index contributed by atoms with van der Waals surface area (Å²) in [5.41, 5.74) is 2.59. The maximum atomic E-state index is 13.6. The van der Waals surface area contributed by atoms with E-state index in [2.05, 4.69) is 4.98 Å². The Morgan fingerprint density at radius 3 is 2.52 bits per heavy atom. The van der Waals surface area contributed by atoms with Gasteiger partial charge in [-0.15, -0.1) is 0 Å². The predicted octanol–water partition coefficient (Wildman–Crippen LogP) is 5.03. The van der Waals surface area contributed by atoms with E-state index in [1.165, 1.54) is 31.4 Å². The van der Waals surface area contributed by atoms with Crippen molar-refractivity contribution in [2.24, 2.45) is 0 Å². The van der Waals surface area contributed by atoms with Crippen molar-refractivity contribution in [1.82, 2.24) is 4.98 Å². The molecule has 144 valence electrons. The van der Waals surface area contributed by atoms with Crippen LogP contribution in [-0.4, -0.2) is 23.3 Å². The average molecular weight is 392 g/mol. The molecule has 0 aliphatic heterocycles. The summed E-state index contributed by atoms with van der Waals surface area (Å²) in [4.78, 5) is 26.1. The summed E-state index contributed by atoms with van der Waals surface area (Å²) in [6, 6.07) is 13.9. The highest BCUT2D eigenvalue weighted by molar-refractivity contribution is 5.84. The Labute approximate surface area is 163 Å². The molecule has 0 radical (unpaired) electrons. The number of halogens is 1. The van der Waals surface area contributed by atoms with Gasteiger partial charge in [-0.05, 0) is 47.5 Å². The molecule has 0 bridgehead atoms. The highest BCUT2D eigenvalue weighted by atomic mass is 19.1. The molecule has 0 N–H and O–H groups in total. The Kier molecular flexibility index (Phi) is 4.52. The van der Waals surface area contributed by atoms with Gasteiger partial charge in [-0.1, -0.05) is 12.1 Å². The number of ether oxygens (including phenoxy) is 1. The van der Waals surface area contributed by atoms with E-state index in [1.54, 1.807) is 30.3 Å². The number of carbonyl (C=O) groups excluding carboxylic acids is 1. The Hall–Kier alpha value is -4.07. The van der Waals surface area contributed by atoms with Crippen LogP contribution in [0.1, 0.15) is 10.4 Å². The third kappa shape index (κ3) is 3.31. The zero-order valence-corrected chi connectivity index (χ0v) is 15.1. The molecule has 3 aromatic carbocycles. The number of nitrogens with zero attached hydrogens (tertiary/aromatic N) is 2. The van der Waals surface area contributed by atoms with Gasteiger partial charge in [0.25, 0.3) is 0 Å². The number of methoxy groups -OCH3 is 1. The largest absolute Gasteiger partial charge is 0.490 e. The molecule has 4 rings (SSSR count). The first-order valence-corrected chi connectivity index (χ1v) is 8.48. The minimum atomic E-state index is -0.588. The van der Waals surface area contributed by atoms with Gasteiger partial charge in [-0.2, -0.15) is 0 Å². The van der Waals surface area contributed by atoms with Gasteiger partial charge in [0.2, 0.25) is 5.89 Å². The summed E-state index contributed by atoms with van der Waals surface area (Å²) < 4.78 is 24.3. The minimum Gasteiger partial charge on any atom is -0.490 e. The summed E-state index contributed by atoms with van der Waals surface area (Å²) in [7, 11) is 1.36. The first-order valence-electron chi connectivity index (χ1n) is 8.48. The number of carbonyl (C=O) groups is 1. The van der Waals surface area contributed by atoms with Crippen LogP contribution in [0, 0.1) is 15.9 Å². The smallest absolute Gasteiger partial charge is 0.311 e. The van der Waals surface area contributed by atoms with E-state index >= 15 is 0 Å². The molecule has 1 aromatic heterocycles. The number of benzene rings is 3. The lowest BCUT2D eigenvalue weighted by Gasteiger charge is -2.03. The molecule has 7 nitrogen and oxygen atoms in total. The van der Waals surface area contributed by atoms with Crippen LogP contribution in [0.15, 0.2) is 59.0 Å². The summed E-state index contributed by atoms with van der Waals surface area (Å²) in [6.45, 7) is 0. The van der Waals surface area contributed by atoms with Gasteiger partial charge in [-0.25, -0.2) is 9.37 Å². The van der Waals surface area contributed by atoms with Crippen molar-refractivity contribution in [2.45, 2.75) is 0 Å². The maximum Gasteiger partial charge on any atom is 0.311 e. The molecular formula is C21H13FN2O5. The number of nitro groups is 1. The zero-order chi connectivity index (χ0) is 20.5. The highest BCUT2D eigenvalue weighted by Crippen LogP contribution is 2.34. The second-order valence-corrected chi connectivity index (χ2v) is 6.20. The molecule has 0 fully saturated rings. The molecule has 0 unspecified atom stereocenters. The van der Waals surface area contributed by atoms with Gasteiger partial charge in [0.05, 0.1) is 17.6 Å². The van der Waals surface area contributed by atoms with Crippen molar-refractivity contribution in [1.29, 1.82) is 0 Å². The highest BCUT2D eigenvalue weighted by Gasteiger charge is 2.18. The van der Waals surface area contributed by atoms with Gasteiger partial charge >= 0.3 is 5.69 Å².